The van der Waals surface area contributed by atoms with Crippen molar-refractivity contribution in [2.45, 2.75) is 6.92 Å². The minimum absolute atomic E-state index is 0.491. The Bertz CT molecular complexity index is 693. The summed E-state index contributed by atoms with van der Waals surface area (Å²) in [5.74, 6) is 1.07. The molecule has 0 atom stereocenters. The quantitative estimate of drug-likeness (QED) is 0.656. The molecule has 3 N–H and O–H groups in total. The standard InChI is InChI=1S/C11H12N6/c1-6-5-13-11-8(6)9(12)15-10(16-11)7-3-4-14-17(7)2/h3-5H,1-2H3,(H3,12,13,15,16). The number of nitrogens with zero attached hydrogens (tertiary/aromatic N) is 4. The van der Waals surface area contributed by atoms with Gasteiger partial charge in [0.25, 0.3) is 0 Å². The normalized spacial score (nSPS) is 11.2. The van der Waals surface area contributed by atoms with Crippen molar-refractivity contribution >= 4 is 16.9 Å². The number of hydrogen-bond acceptors (Lipinski definition) is 4. The van der Waals surface area contributed by atoms with Gasteiger partial charge in [-0.05, 0) is 18.6 Å². The van der Waals surface area contributed by atoms with E-state index < -0.39 is 0 Å². The van der Waals surface area contributed by atoms with E-state index in [1.165, 1.54) is 0 Å². The number of hydrogen-bond donors (Lipinski definition) is 2. The molecule has 0 saturated heterocycles. The molecular formula is C11H12N6. The van der Waals surface area contributed by atoms with E-state index in [0.29, 0.717) is 11.6 Å². The molecule has 0 saturated carbocycles. The Labute approximate surface area is 97.5 Å². The number of nitrogens with one attached hydrogen (secondary N) is 1. The Kier molecular flexibility index (Phi) is 1.91. The Balaban J connectivity index is 2.30. The highest BCUT2D eigenvalue weighted by Crippen LogP contribution is 2.24. The van der Waals surface area contributed by atoms with Crippen molar-refractivity contribution in [2.75, 3.05) is 5.73 Å². The van der Waals surface area contributed by atoms with Crippen LogP contribution in [0.3, 0.4) is 0 Å². The summed E-state index contributed by atoms with van der Waals surface area (Å²) in [6.45, 7) is 1.97. The van der Waals surface area contributed by atoms with Gasteiger partial charge in [0.1, 0.15) is 17.2 Å². The highest BCUT2D eigenvalue weighted by molar-refractivity contribution is 5.90. The van der Waals surface area contributed by atoms with Crippen LogP contribution in [0.2, 0.25) is 0 Å². The Morgan fingerprint density at radius 2 is 2.18 bits per heavy atom. The van der Waals surface area contributed by atoms with Crippen LogP contribution in [0.5, 0.6) is 0 Å². The lowest BCUT2D eigenvalue weighted by Crippen LogP contribution is -2.01. The number of aryl methyl sites for hydroxylation is 2. The van der Waals surface area contributed by atoms with Crippen molar-refractivity contribution in [3.8, 4) is 11.5 Å². The molecule has 0 spiro atoms. The van der Waals surface area contributed by atoms with Crippen molar-refractivity contribution in [3.05, 3.63) is 24.0 Å². The summed E-state index contributed by atoms with van der Waals surface area (Å²) < 4.78 is 1.72. The molecule has 0 aliphatic heterocycles. The molecular weight excluding hydrogens is 216 g/mol. The highest BCUT2D eigenvalue weighted by atomic mass is 15.3. The lowest BCUT2D eigenvalue weighted by molar-refractivity contribution is 0.770. The van der Waals surface area contributed by atoms with Gasteiger partial charge in [-0.3, -0.25) is 4.68 Å². The molecule has 0 aromatic carbocycles. The fraction of sp³-hybridized carbons (Fsp3) is 0.182. The van der Waals surface area contributed by atoms with Gasteiger partial charge in [0.2, 0.25) is 0 Å². The Hall–Kier alpha value is -2.37. The van der Waals surface area contributed by atoms with E-state index in [0.717, 1.165) is 22.3 Å². The largest absolute Gasteiger partial charge is 0.383 e. The molecule has 0 aliphatic carbocycles. The number of nitrogen functional groups attached to an aromatic ring is 1. The summed E-state index contributed by atoms with van der Waals surface area (Å²) in [5, 5.41) is 4.98. The first-order valence-electron chi connectivity index (χ1n) is 5.26. The predicted molar refractivity (Wildman–Crippen MR) is 65.2 cm³/mol. The van der Waals surface area contributed by atoms with Crippen molar-refractivity contribution in [3.63, 3.8) is 0 Å². The average molecular weight is 228 g/mol. The van der Waals surface area contributed by atoms with Crippen LogP contribution in [0.15, 0.2) is 18.5 Å². The zero-order valence-corrected chi connectivity index (χ0v) is 9.60. The summed E-state index contributed by atoms with van der Waals surface area (Å²) in [6.07, 6.45) is 3.59. The van der Waals surface area contributed by atoms with E-state index in [-0.39, 0.29) is 0 Å². The predicted octanol–water partition coefficient (Wildman–Crippen LogP) is 1.25. The van der Waals surface area contributed by atoms with Gasteiger partial charge in [0, 0.05) is 19.4 Å². The van der Waals surface area contributed by atoms with Crippen LogP contribution < -0.4 is 5.73 Å². The minimum atomic E-state index is 0.491. The summed E-state index contributed by atoms with van der Waals surface area (Å²) in [4.78, 5) is 11.9. The average Bonchev–Trinajstić information content (AvgIpc) is 2.85. The second kappa shape index (κ2) is 3.31. The number of rotatable bonds is 1. The molecule has 0 aliphatic rings. The maximum atomic E-state index is 5.96. The van der Waals surface area contributed by atoms with Crippen LogP contribution in [0.25, 0.3) is 22.6 Å². The number of nitrogens with two attached hydrogens (primary N) is 1. The zero-order chi connectivity index (χ0) is 12.0. The summed E-state index contributed by atoms with van der Waals surface area (Å²) in [5.41, 5.74) is 8.60. The molecule has 86 valence electrons. The summed E-state index contributed by atoms with van der Waals surface area (Å²) >= 11 is 0. The molecule has 0 amide bonds. The van der Waals surface area contributed by atoms with Gasteiger partial charge in [-0.2, -0.15) is 5.10 Å². The maximum absolute atomic E-state index is 5.96. The zero-order valence-electron chi connectivity index (χ0n) is 9.60. The van der Waals surface area contributed by atoms with Gasteiger partial charge < -0.3 is 10.7 Å². The first kappa shape index (κ1) is 9.83. The van der Waals surface area contributed by atoms with E-state index in [4.69, 9.17) is 5.73 Å². The fourth-order valence-corrected chi connectivity index (χ4v) is 1.93. The lowest BCUT2D eigenvalue weighted by Gasteiger charge is -2.03. The third-order valence-electron chi connectivity index (χ3n) is 2.81. The molecule has 0 fully saturated rings. The topological polar surface area (TPSA) is 85.4 Å². The number of anilines is 1. The van der Waals surface area contributed by atoms with Gasteiger partial charge in [-0.1, -0.05) is 0 Å². The molecule has 3 aromatic rings. The van der Waals surface area contributed by atoms with E-state index in [9.17, 15) is 0 Å². The number of aromatic nitrogens is 5. The molecule has 6 nitrogen and oxygen atoms in total. The molecule has 6 heteroatoms. The molecule has 3 aromatic heterocycles. The van der Waals surface area contributed by atoms with Gasteiger partial charge in [0.05, 0.1) is 5.39 Å². The van der Waals surface area contributed by atoms with Crippen molar-refractivity contribution in [1.82, 2.24) is 24.7 Å². The second-order valence-electron chi connectivity index (χ2n) is 3.97. The first-order chi connectivity index (χ1) is 8.16. The fourth-order valence-electron chi connectivity index (χ4n) is 1.93. The Morgan fingerprint density at radius 3 is 2.88 bits per heavy atom. The van der Waals surface area contributed by atoms with Crippen LogP contribution in [-0.2, 0) is 7.05 Å². The van der Waals surface area contributed by atoms with Gasteiger partial charge >= 0.3 is 0 Å². The van der Waals surface area contributed by atoms with Crippen LogP contribution in [0, 0.1) is 6.92 Å². The molecule has 3 heterocycles. The molecule has 0 bridgehead atoms. The van der Waals surface area contributed by atoms with E-state index in [1.54, 1.807) is 10.9 Å². The lowest BCUT2D eigenvalue weighted by atomic mass is 10.2. The third-order valence-corrected chi connectivity index (χ3v) is 2.81. The van der Waals surface area contributed by atoms with E-state index in [2.05, 4.69) is 20.1 Å². The van der Waals surface area contributed by atoms with Gasteiger partial charge in [0.15, 0.2) is 5.82 Å². The van der Waals surface area contributed by atoms with Crippen molar-refractivity contribution in [2.24, 2.45) is 7.05 Å². The van der Waals surface area contributed by atoms with Crippen LogP contribution >= 0.6 is 0 Å². The van der Waals surface area contributed by atoms with Crippen molar-refractivity contribution in [1.29, 1.82) is 0 Å². The Morgan fingerprint density at radius 1 is 1.35 bits per heavy atom. The molecule has 17 heavy (non-hydrogen) atoms. The monoisotopic (exact) mass is 228 g/mol. The number of aromatic amines is 1. The van der Waals surface area contributed by atoms with Gasteiger partial charge in [-0.25, -0.2) is 9.97 Å². The summed E-state index contributed by atoms with van der Waals surface area (Å²) in [6, 6.07) is 1.86. The van der Waals surface area contributed by atoms with Gasteiger partial charge in [-0.15, -0.1) is 0 Å². The molecule has 0 unspecified atom stereocenters. The number of fused-ring (bicyclic) bond motifs is 1. The summed E-state index contributed by atoms with van der Waals surface area (Å²) in [7, 11) is 1.85. The number of H-pyrrole nitrogens is 1. The first-order valence-corrected chi connectivity index (χ1v) is 5.26. The molecule has 0 radical (unpaired) electrons. The van der Waals surface area contributed by atoms with Crippen LogP contribution in [-0.4, -0.2) is 24.7 Å². The maximum Gasteiger partial charge on any atom is 0.181 e. The smallest absolute Gasteiger partial charge is 0.181 e. The SMILES string of the molecule is Cc1c[nH]c2nc(-c3ccnn3C)nc(N)c12. The highest BCUT2D eigenvalue weighted by Gasteiger charge is 2.12. The minimum Gasteiger partial charge on any atom is -0.383 e. The van der Waals surface area contributed by atoms with E-state index >= 15 is 0 Å². The molecule has 3 rings (SSSR count). The second-order valence-corrected chi connectivity index (χ2v) is 3.97. The van der Waals surface area contributed by atoms with Crippen LogP contribution in [0.4, 0.5) is 5.82 Å². The van der Waals surface area contributed by atoms with Crippen LogP contribution in [0.1, 0.15) is 5.56 Å². The van der Waals surface area contributed by atoms with E-state index in [1.807, 2.05) is 26.2 Å². The van der Waals surface area contributed by atoms with Crippen molar-refractivity contribution < 1.29 is 0 Å². The third kappa shape index (κ3) is 1.37.